The summed E-state index contributed by atoms with van der Waals surface area (Å²) in [6.07, 6.45) is -0.902. The standard InChI is InChI=1S/C36H28F10O2/c1-2-3-4-20-5-7-21(8-6-20)22-9-12-26(28(37)15-22)23-10-13-27(29(38)16-23)24-17-31(40)34(32(41)18-24)35(42,43)47-25-11-14-33(30(39)19-25)48-36(44,45)46/h2-3,9-21H,4-8H2,1H3/b3-2-. The van der Waals surface area contributed by atoms with Crippen molar-refractivity contribution in [1.29, 1.82) is 0 Å². The predicted octanol–water partition coefficient (Wildman–Crippen LogP) is 12.0. The van der Waals surface area contributed by atoms with Gasteiger partial charge in [-0.2, -0.15) is 8.78 Å². The number of rotatable bonds is 9. The van der Waals surface area contributed by atoms with Gasteiger partial charge in [0, 0.05) is 17.2 Å². The molecule has 0 bridgehead atoms. The summed E-state index contributed by atoms with van der Waals surface area (Å²) >= 11 is 0. The molecule has 0 aromatic heterocycles. The van der Waals surface area contributed by atoms with E-state index in [4.69, 9.17) is 0 Å². The largest absolute Gasteiger partial charge is 0.573 e. The highest BCUT2D eigenvalue weighted by molar-refractivity contribution is 5.72. The van der Waals surface area contributed by atoms with Gasteiger partial charge in [-0.05, 0) is 104 Å². The summed E-state index contributed by atoms with van der Waals surface area (Å²) in [6, 6.07) is 9.98. The Kier molecular flexibility index (Phi) is 10.1. The van der Waals surface area contributed by atoms with Gasteiger partial charge in [-0.15, -0.1) is 13.2 Å². The molecule has 1 saturated carbocycles. The van der Waals surface area contributed by atoms with Crippen LogP contribution in [0.4, 0.5) is 43.9 Å². The number of allylic oxidation sites excluding steroid dienone is 2. The Hall–Kier alpha value is -4.48. The van der Waals surface area contributed by atoms with Crippen molar-refractivity contribution in [3.8, 4) is 33.8 Å². The minimum atomic E-state index is -5.27. The lowest BCUT2D eigenvalue weighted by atomic mass is 9.77. The molecule has 0 spiro atoms. The van der Waals surface area contributed by atoms with Crippen molar-refractivity contribution in [1.82, 2.24) is 0 Å². The van der Waals surface area contributed by atoms with E-state index in [1.165, 1.54) is 12.1 Å². The van der Waals surface area contributed by atoms with Gasteiger partial charge in [0.2, 0.25) is 0 Å². The first kappa shape index (κ1) is 34.8. The summed E-state index contributed by atoms with van der Waals surface area (Å²) in [6.45, 7) is 1.98. The molecule has 1 aliphatic carbocycles. The number of hydrogen-bond donors (Lipinski definition) is 0. The van der Waals surface area contributed by atoms with E-state index >= 15 is 8.78 Å². The topological polar surface area (TPSA) is 18.5 Å². The molecule has 0 N–H and O–H groups in total. The van der Waals surface area contributed by atoms with Gasteiger partial charge >= 0.3 is 12.5 Å². The first-order chi connectivity index (χ1) is 22.6. The van der Waals surface area contributed by atoms with Crippen LogP contribution < -0.4 is 9.47 Å². The van der Waals surface area contributed by atoms with Crippen LogP contribution in [0.2, 0.25) is 0 Å². The molecular formula is C36H28F10O2. The van der Waals surface area contributed by atoms with Crippen LogP contribution in [0.5, 0.6) is 11.5 Å². The Labute approximate surface area is 269 Å². The first-order valence-electron chi connectivity index (χ1n) is 15.0. The van der Waals surface area contributed by atoms with E-state index in [2.05, 4.69) is 15.5 Å². The second kappa shape index (κ2) is 13.9. The SMILES string of the molecule is C/C=C\CC1CCC(c2ccc(-c3ccc(-c4cc(F)c(C(F)(F)Oc5ccc(OC(F)(F)F)c(F)c5)c(F)c4)c(F)c3)c(F)c2)CC1. The fraction of sp³-hybridized carbons (Fsp3) is 0.278. The number of ether oxygens (including phenoxy) is 2. The van der Waals surface area contributed by atoms with E-state index in [1.54, 1.807) is 12.1 Å². The van der Waals surface area contributed by atoms with E-state index in [0.29, 0.717) is 30.2 Å². The van der Waals surface area contributed by atoms with Crippen molar-refractivity contribution in [3.63, 3.8) is 0 Å². The van der Waals surface area contributed by atoms with E-state index in [0.717, 1.165) is 49.8 Å². The Bertz CT molecular complexity index is 1780. The zero-order chi connectivity index (χ0) is 34.8. The number of hydrogen-bond acceptors (Lipinski definition) is 2. The van der Waals surface area contributed by atoms with Gasteiger partial charge in [0.15, 0.2) is 11.6 Å². The van der Waals surface area contributed by atoms with Gasteiger partial charge in [0.1, 0.15) is 34.6 Å². The Morgan fingerprint density at radius 3 is 1.83 bits per heavy atom. The van der Waals surface area contributed by atoms with Crippen LogP contribution in [0.3, 0.4) is 0 Å². The average Bonchev–Trinajstić information content (AvgIpc) is 3.00. The van der Waals surface area contributed by atoms with Gasteiger partial charge in [-0.25, -0.2) is 22.0 Å². The molecule has 0 unspecified atom stereocenters. The highest BCUT2D eigenvalue weighted by Gasteiger charge is 2.42. The van der Waals surface area contributed by atoms with Crippen LogP contribution >= 0.6 is 0 Å². The predicted molar refractivity (Wildman–Crippen MR) is 159 cm³/mol. The minimum Gasteiger partial charge on any atom is -0.429 e. The molecule has 0 aliphatic heterocycles. The molecular weight excluding hydrogens is 654 g/mol. The number of alkyl halides is 5. The third-order valence-corrected chi connectivity index (χ3v) is 8.32. The molecule has 0 atom stereocenters. The number of halogens is 10. The van der Waals surface area contributed by atoms with Gasteiger partial charge in [0.05, 0.1) is 0 Å². The highest BCUT2D eigenvalue weighted by atomic mass is 19.4. The van der Waals surface area contributed by atoms with Crippen molar-refractivity contribution in [2.24, 2.45) is 5.92 Å². The average molecular weight is 683 g/mol. The maximum Gasteiger partial charge on any atom is 0.573 e. The van der Waals surface area contributed by atoms with E-state index in [1.807, 2.05) is 13.0 Å². The Morgan fingerprint density at radius 2 is 1.25 bits per heavy atom. The van der Waals surface area contributed by atoms with Crippen LogP contribution in [0, 0.1) is 35.0 Å². The lowest BCUT2D eigenvalue weighted by Crippen LogP contribution is -2.25. The third kappa shape index (κ3) is 7.96. The fourth-order valence-corrected chi connectivity index (χ4v) is 5.95. The van der Waals surface area contributed by atoms with E-state index in [9.17, 15) is 35.1 Å². The van der Waals surface area contributed by atoms with Crippen LogP contribution in [0.1, 0.15) is 56.1 Å². The van der Waals surface area contributed by atoms with E-state index < -0.39 is 64.2 Å². The summed E-state index contributed by atoms with van der Waals surface area (Å²) < 4.78 is 149. The lowest BCUT2D eigenvalue weighted by Gasteiger charge is -2.28. The molecule has 254 valence electrons. The Balaban J connectivity index is 1.33. The van der Waals surface area contributed by atoms with Gasteiger partial charge in [0.25, 0.3) is 0 Å². The summed E-state index contributed by atoms with van der Waals surface area (Å²) in [4.78, 5) is 0. The highest BCUT2D eigenvalue weighted by Crippen LogP contribution is 2.41. The molecule has 0 amide bonds. The van der Waals surface area contributed by atoms with Gasteiger partial charge < -0.3 is 9.47 Å². The summed E-state index contributed by atoms with van der Waals surface area (Å²) in [5.74, 6) is -8.62. The zero-order valence-corrected chi connectivity index (χ0v) is 25.3. The molecule has 2 nitrogen and oxygen atoms in total. The van der Waals surface area contributed by atoms with Crippen LogP contribution in [0.25, 0.3) is 22.3 Å². The van der Waals surface area contributed by atoms with Crippen molar-refractivity contribution < 1.29 is 53.4 Å². The molecule has 0 radical (unpaired) electrons. The smallest absolute Gasteiger partial charge is 0.429 e. The quantitative estimate of drug-likeness (QED) is 0.129. The second-order valence-corrected chi connectivity index (χ2v) is 11.5. The molecule has 4 aromatic carbocycles. The first-order valence-corrected chi connectivity index (χ1v) is 15.0. The van der Waals surface area contributed by atoms with Crippen molar-refractivity contribution in [3.05, 3.63) is 119 Å². The molecule has 1 aliphatic rings. The lowest BCUT2D eigenvalue weighted by molar-refractivity contribution is -0.275. The van der Waals surface area contributed by atoms with Crippen LogP contribution in [0.15, 0.2) is 78.9 Å². The summed E-state index contributed by atoms with van der Waals surface area (Å²) in [7, 11) is 0. The molecule has 12 heteroatoms. The minimum absolute atomic E-state index is 0.102. The third-order valence-electron chi connectivity index (χ3n) is 8.32. The molecule has 1 fully saturated rings. The van der Waals surface area contributed by atoms with Crippen molar-refractivity contribution in [2.75, 3.05) is 0 Å². The molecule has 0 saturated heterocycles. The van der Waals surface area contributed by atoms with Crippen molar-refractivity contribution >= 4 is 0 Å². The molecule has 5 rings (SSSR count). The van der Waals surface area contributed by atoms with Gasteiger partial charge in [-0.1, -0.05) is 36.4 Å². The van der Waals surface area contributed by atoms with Gasteiger partial charge in [-0.3, -0.25) is 0 Å². The van der Waals surface area contributed by atoms with E-state index in [-0.39, 0.29) is 28.7 Å². The summed E-state index contributed by atoms with van der Waals surface area (Å²) in [5, 5.41) is 0. The normalized spacial score (nSPS) is 17.1. The maximum atomic E-state index is 15.2. The Morgan fingerprint density at radius 1 is 0.646 bits per heavy atom. The zero-order valence-electron chi connectivity index (χ0n) is 25.3. The summed E-state index contributed by atoms with van der Waals surface area (Å²) in [5.41, 5.74) is -1.65. The molecule has 48 heavy (non-hydrogen) atoms. The number of benzene rings is 4. The second-order valence-electron chi connectivity index (χ2n) is 11.5. The maximum absolute atomic E-state index is 15.2. The molecule has 0 heterocycles. The molecule has 4 aromatic rings. The van der Waals surface area contributed by atoms with Crippen molar-refractivity contribution in [2.45, 2.75) is 57.4 Å². The fourth-order valence-electron chi connectivity index (χ4n) is 5.95. The van der Waals surface area contributed by atoms with Crippen LogP contribution in [-0.2, 0) is 6.11 Å². The monoisotopic (exact) mass is 682 g/mol. The van der Waals surface area contributed by atoms with Crippen LogP contribution in [-0.4, -0.2) is 6.36 Å².